The molecule has 0 aromatic heterocycles. The maximum absolute atomic E-state index is 11.9. The first-order valence-corrected chi connectivity index (χ1v) is 8.58. The topological polar surface area (TPSA) is 91.6 Å². The van der Waals surface area contributed by atoms with Crippen LogP contribution in [0.25, 0.3) is 0 Å². The van der Waals surface area contributed by atoms with Crippen molar-refractivity contribution in [2.24, 2.45) is 0 Å². The molecule has 0 aliphatic heterocycles. The summed E-state index contributed by atoms with van der Waals surface area (Å²) in [5.74, 6) is 0.0345. The van der Waals surface area contributed by atoms with Crippen LogP contribution in [0, 0.1) is 11.3 Å². The number of carboxylic acid groups (broad SMARTS) is 1. The second kappa shape index (κ2) is 9.88. The van der Waals surface area contributed by atoms with Crippen molar-refractivity contribution in [3.63, 3.8) is 0 Å². The van der Waals surface area contributed by atoms with E-state index in [4.69, 9.17) is 14.7 Å². The number of benzene rings is 2. The van der Waals surface area contributed by atoms with E-state index in [9.17, 15) is 9.90 Å². The molecule has 0 radical (unpaired) electrons. The van der Waals surface area contributed by atoms with Gasteiger partial charge in [0.15, 0.2) is 6.04 Å². The molecule has 1 atom stereocenters. The minimum atomic E-state index is -1.04. The molecule has 0 heterocycles. The third kappa shape index (κ3) is 5.79. The molecule has 6 nitrogen and oxygen atoms in total. The predicted molar refractivity (Wildman–Crippen MR) is 103 cm³/mol. The van der Waals surface area contributed by atoms with Crippen molar-refractivity contribution < 1.29 is 19.4 Å². The molecule has 0 aliphatic carbocycles. The van der Waals surface area contributed by atoms with E-state index in [-0.39, 0.29) is 0 Å². The van der Waals surface area contributed by atoms with E-state index in [1.165, 1.54) is 0 Å². The second-order valence-electron chi connectivity index (χ2n) is 5.70. The number of rotatable bonds is 10. The lowest BCUT2D eigenvalue weighted by atomic mass is 10.1. The van der Waals surface area contributed by atoms with Crippen LogP contribution in [0.2, 0.25) is 0 Å². The maximum Gasteiger partial charge on any atom is 0.330 e. The summed E-state index contributed by atoms with van der Waals surface area (Å²) in [5.41, 5.74) is 1.60. The van der Waals surface area contributed by atoms with Crippen molar-refractivity contribution in [3.05, 3.63) is 66.2 Å². The van der Waals surface area contributed by atoms with E-state index in [0.717, 1.165) is 0 Å². The number of carboxylic acids is 1. The van der Waals surface area contributed by atoms with E-state index in [2.05, 4.69) is 11.9 Å². The highest BCUT2D eigenvalue weighted by molar-refractivity contribution is 5.79. The van der Waals surface area contributed by atoms with E-state index in [1.54, 1.807) is 48.5 Å². The smallest absolute Gasteiger partial charge is 0.330 e. The number of hydrogen-bond donors (Lipinski definition) is 2. The van der Waals surface area contributed by atoms with Crippen LogP contribution >= 0.6 is 0 Å². The summed E-state index contributed by atoms with van der Waals surface area (Å²) in [4.78, 5) is 11.9. The van der Waals surface area contributed by atoms with Crippen LogP contribution in [0.4, 0.5) is 5.69 Å². The van der Waals surface area contributed by atoms with Gasteiger partial charge in [0.25, 0.3) is 0 Å². The van der Waals surface area contributed by atoms with Gasteiger partial charge in [-0.1, -0.05) is 6.08 Å². The molecule has 0 bridgehead atoms. The average molecular weight is 366 g/mol. The van der Waals surface area contributed by atoms with Crippen LogP contribution in [-0.2, 0) is 4.79 Å². The first kappa shape index (κ1) is 19.9. The Morgan fingerprint density at radius 3 is 2.48 bits per heavy atom. The van der Waals surface area contributed by atoms with Crippen molar-refractivity contribution in [1.29, 1.82) is 5.26 Å². The molecule has 2 aromatic rings. The fourth-order valence-electron chi connectivity index (χ4n) is 2.45. The zero-order valence-corrected chi connectivity index (χ0v) is 15.1. The number of nitrogens with zero attached hydrogens (tertiary/aromatic N) is 1. The Kier molecular flexibility index (Phi) is 7.26. The molecule has 2 aromatic carbocycles. The summed E-state index contributed by atoms with van der Waals surface area (Å²) in [6, 6.07) is 12.7. The van der Waals surface area contributed by atoms with Crippen LogP contribution in [0.1, 0.15) is 30.5 Å². The first-order valence-electron chi connectivity index (χ1n) is 8.58. The highest BCUT2D eigenvalue weighted by Gasteiger charge is 2.21. The molecule has 2 N–H and O–H groups in total. The number of nitrogens with one attached hydrogen (secondary N) is 1. The molecule has 0 amide bonds. The summed E-state index contributed by atoms with van der Waals surface area (Å²) in [6.45, 7) is 6.41. The minimum absolute atomic E-state index is 0.444. The third-order valence-corrected chi connectivity index (χ3v) is 3.71. The number of aliphatic carboxylic acids is 1. The van der Waals surface area contributed by atoms with Gasteiger partial charge in [0.1, 0.15) is 11.5 Å². The normalized spacial score (nSPS) is 11.1. The number of carbonyl (C=O) groups is 1. The number of nitriles is 1. The van der Waals surface area contributed by atoms with Gasteiger partial charge >= 0.3 is 5.97 Å². The van der Waals surface area contributed by atoms with Crippen LogP contribution in [0.15, 0.2) is 55.1 Å². The lowest BCUT2D eigenvalue weighted by Gasteiger charge is -2.18. The first-order chi connectivity index (χ1) is 13.1. The van der Waals surface area contributed by atoms with E-state index < -0.39 is 12.0 Å². The van der Waals surface area contributed by atoms with Gasteiger partial charge in [0.2, 0.25) is 0 Å². The molecule has 2 rings (SSSR count). The molecule has 0 spiro atoms. The van der Waals surface area contributed by atoms with Gasteiger partial charge in [-0.3, -0.25) is 0 Å². The third-order valence-electron chi connectivity index (χ3n) is 3.71. The molecule has 140 valence electrons. The lowest BCUT2D eigenvalue weighted by molar-refractivity contribution is -0.138. The zero-order chi connectivity index (χ0) is 19.6. The van der Waals surface area contributed by atoms with Gasteiger partial charge < -0.3 is 19.9 Å². The van der Waals surface area contributed by atoms with E-state index in [0.29, 0.717) is 47.9 Å². The van der Waals surface area contributed by atoms with Gasteiger partial charge in [-0.15, -0.1) is 6.58 Å². The van der Waals surface area contributed by atoms with Crippen LogP contribution in [0.5, 0.6) is 11.5 Å². The Bertz CT molecular complexity index is 825. The monoisotopic (exact) mass is 366 g/mol. The van der Waals surface area contributed by atoms with Gasteiger partial charge in [0.05, 0.1) is 24.8 Å². The lowest BCUT2D eigenvalue weighted by Crippen LogP contribution is -2.20. The number of anilines is 1. The summed E-state index contributed by atoms with van der Waals surface area (Å²) >= 11 is 0. The average Bonchev–Trinajstić information content (AvgIpc) is 2.66. The predicted octanol–water partition coefficient (Wildman–Crippen LogP) is 4.15. The van der Waals surface area contributed by atoms with Gasteiger partial charge in [0, 0.05) is 11.8 Å². The minimum Gasteiger partial charge on any atom is -0.494 e. The van der Waals surface area contributed by atoms with Crippen molar-refractivity contribution in [2.45, 2.75) is 19.4 Å². The standard InChI is InChI=1S/C21H22N2O4/c1-3-5-10-27-19-12-16(11-18(13-19)26-4-2)20(21(24)25)23-17-8-6-15(14-22)7-9-17/h3,6-9,11-13,20,23H,1,4-5,10H2,2H3,(H,24,25). The Labute approximate surface area is 158 Å². The summed E-state index contributed by atoms with van der Waals surface area (Å²) in [7, 11) is 0. The van der Waals surface area contributed by atoms with Crippen LogP contribution in [-0.4, -0.2) is 24.3 Å². The Morgan fingerprint density at radius 1 is 1.26 bits per heavy atom. The molecule has 0 aliphatic rings. The molecular weight excluding hydrogens is 344 g/mol. The van der Waals surface area contributed by atoms with Crippen LogP contribution < -0.4 is 14.8 Å². The zero-order valence-electron chi connectivity index (χ0n) is 15.1. The van der Waals surface area contributed by atoms with E-state index >= 15 is 0 Å². The summed E-state index contributed by atoms with van der Waals surface area (Å²) < 4.78 is 11.2. The molecule has 0 saturated heterocycles. The molecule has 0 fully saturated rings. The van der Waals surface area contributed by atoms with Gasteiger partial charge in [-0.2, -0.15) is 5.26 Å². The van der Waals surface area contributed by atoms with Gasteiger partial charge in [-0.25, -0.2) is 4.79 Å². The number of ether oxygens (including phenoxy) is 2. The fourth-order valence-corrected chi connectivity index (χ4v) is 2.45. The van der Waals surface area contributed by atoms with Crippen molar-refractivity contribution in [3.8, 4) is 17.6 Å². The largest absolute Gasteiger partial charge is 0.494 e. The van der Waals surface area contributed by atoms with Gasteiger partial charge in [-0.05, 0) is 55.3 Å². The Morgan fingerprint density at radius 2 is 1.93 bits per heavy atom. The highest BCUT2D eigenvalue weighted by Crippen LogP contribution is 2.29. The van der Waals surface area contributed by atoms with Crippen molar-refractivity contribution in [2.75, 3.05) is 18.5 Å². The summed E-state index contributed by atoms with van der Waals surface area (Å²) in [5, 5.41) is 21.6. The molecule has 0 saturated carbocycles. The SMILES string of the molecule is C=CCCOc1cc(OCC)cc(C(Nc2ccc(C#N)cc2)C(=O)O)c1. The maximum atomic E-state index is 11.9. The van der Waals surface area contributed by atoms with E-state index in [1.807, 2.05) is 13.0 Å². The van der Waals surface area contributed by atoms with Crippen LogP contribution in [0.3, 0.4) is 0 Å². The van der Waals surface area contributed by atoms with Crippen molar-refractivity contribution in [1.82, 2.24) is 0 Å². The molecular formula is C21H22N2O4. The summed E-state index contributed by atoms with van der Waals surface area (Å²) in [6.07, 6.45) is 2.43. The molecule has 27 heavy (non-hydrogen) atoms. The molecule has 1 unspecified atom stereocenters. The Balaban J connectivity index is 2.31. The second-order valence-corrected chi connectivity index (χ2v) is 5.70. The van der Waals surface area contributed by atoms with Crippen molar-refractivity contribution >= 4 is 11.7 Å². The molecule has 6 heteroatoms. The fraction of sp³-hybridized carbons (Fsp3) is 0.238. The number of hydrogen-bond acceptors (Lipinski definition) is 5. The highest BCUT2D eigenvalue weighted by atomic mass is 16.5. The Hall–Kier alpha value is -3.46. The quantitative estimate of drug-likeness (QED) is 0.485.